The lowest BCUT2D eigenvalue weighted by molar-refractivity contribution is 0.127. The van der Waals surface area contributed by atoms with E-state index in [4.69, 9.17) is 16.3 Å². The molecule has 0 N–H and O–H groups in total. The first-order valence-corrected chi connectivity index (χ1v) is 6.76. The van der Waals surface area contributed by atoms with Crippen molar-refractivity contribution in [1.29, 1.82) is 0 Å². The summed E-state index contributed by atoms with van der Waals surface area (Å²) in [7, 11) is 0. The first kappa shape index (κ1) is 12.1. The van der Waals surface area contributed by atoms with Gasteiger partial charge in [0, 0.05) is 24.3 Å². The highest BCUT2D eigenvalue weighted by Crippen LogP contribution is 2.32. The lowest BCUT2D eigenvalue weighted by Crippen LogP contribution is -2.13. The molecule has 2 unspecified atom stereocenters. The normalized spacial score (nSPS) is 24.9. The Kier molecular flexibility index (Phi) is 4.05. The van der Waals surface area contributed by atoms with Gasteiger partial charge in [0.05, 0.1) is 6.10 Å². The summed E-state index contributed by atoms with van der Waals surface area (Å²) in [4.78, 5) is 8.62. The van der Waals surface area contributed by atoms with Gasteiger partial charge in [-0.05, 0) is 13.3 Å². The van der Waals surface area contributed by atoms with E-state index in [9.17, 15) is 0 Å². The molecule has 0 radical (unpaired) electrons. The van der Waals surface area contributed by atoms with Gasteiger partial charge in [0.1, 0.15) is 16.0 Å². The second-order valence-corrected chi connectivity index (χ2v) is 5.47. The predicted molar refractivity (Wildman–Crippen MR) is 66.1 cm³/mol. The molecule has 88 valence electrons. The highest BCUT2D eigenvalue weighted by atomic mass is 35.5. The molecular weight excluding hydrogens is 244 g/mol. The van der Waals surface area contributed by atoms with Crippen molar-refractivity contribution in [2.24, 2.45) is 0 Å². The molecular formula is C11H15ClN2OS. The van der Waals surface area contributed by atoms with Gasteiger partial charge in [-0.2, -0.15) is 0 Å². The Morgan fingerprint density at radius 3 is 3.00 bits per heavy atom. The van der Waals surface area contributed by atoms with Gasteiger partial charge >= 0.3 is 0 Å². The van der Waals surface area contributed by atoms with Crippen molar-refractivity contribution < 1.29 is 4.74 Å². The summed E-state index contributed by atoms with van der Waals surface area (Å²) in [6.45, 7) is 4.98. The van der Waals surface area contributed by atoms with E-state index in [-0.39, 0.29) is 0 Å². The first-order chi connectivity index (χ1) is 7.69. The minimum atomic E-state index is 0.295. The Balaban J connectivity index is 2.11. The molecule has 0 aliphatic carbocycles. The standard InChI is InChI=1S/C11H15ClN2OS/c1-3-10-13-9(12)6-11(14-10)16-8-4-5-15-7(8)2/h6-8H,3-5H2,1-2H3. The fourth-order valence-electron chi connectivity index (χ4n) is 1.68. The molecule has 1 fully saturated rings. The molecule has 0 spiro atoms. The third-order valence-electron chi connectivity index (χ3n) is 2.61. The summed E-state index contributed by atoms with van der Waals surface area (Å²) in [6, 6.07) is 1.83. The van der Waals surface area contributed by atoms with Crippen molar-refractivity contribution in [3.63, 3.8) is 0 Å². The van der Waals surface area contributed by atoms with E-state index >= 15 is 0 Å². The lowest BCUT2D eigenvalue weighted by Gasteiger charge is -2.13. The minimum absolute atomic E-state index is 0.295. The van der Waals surface area contributed by atoms with Gasteiger partial charge in [-0.25, -0.2) is 9.97 Å². The Morgan fingerprint density at radius 2 is 2.38 bits per heavy atom. The average molecular weight is 259 g/mol. The van der Waals surface area contributed by atoms with E-state index in [1.54, 1.807) is 11.8 Å². The monoisotopic (exact) mass is 258 g/mol. The molecule has 0 bridgehead atoms. The molecule has 5 heteroatoms. The summed E-state index contributed by atoms with van der Waals surface area (Å²) >= 11 is 7.70. The molecule has 2 heterocycles. The van der Waals surface area contributed by atoms with Crippen LogP contribution in [0.3, 0.4) is 0 Å². The van der Waals surface area contributed by atoms with Crippen LogP contribution < -0.4 is 0 Å². The van der Waals surface area contributed by atoms with E-state index in [1.807, 2.05) is 13.0 Å². The number of rotatable bonds is 3. The van der Waals surface area contributed by atoms with Crippen LogP contribution in [0.4, 0.5) is 0 Å². The van der Waals surface area contributed by atoms with Crippen LogP contribution in [0, 0.1) is 0 Å². The highest BCUT2D eigenvalue weighted by molar-refractivity contribution is 7.99. The van der Waals surface area contributed by atoms with Gasteiger partial charge in [-0.3, -0.25) is 0 Å². The average Bonchev–Trinajstić information content (AvgIpc) is 2.63. The number of hydrogen-bond acceptors (Lipinski definition) is 4. The zero-order valence-electron chi connectivity index (χ0n) is 9.44. The van der Waals surface area contributed by atoms with Crippen LogP contribution in [-0.4, -0.2) is 27.9 Å². The SMILES string of the molecule is CCc1nc(Cl)cc(SC2CCOC2C)n1. The molecule has 0 saturated carbocycles. The second kappa shape index (κ2) is 5.34. The van der Waals surface area contributed by atoms with Crippen LogP contribution in [-0.2, 0) is 11.2 Å². The second-order valence-electron chi connectivity index (χ2n) is 3.82. The van der Waals surface area contributed by atoms with Crippen molar-refractivity contribution in [1.82, 2.24) is 9.97 Å². The van der Waals surface area contributed by atoms with Crippen molar-refractivity contribution >= 4 is 23.4 Å². The number of halogens is 1. The molecule has 1 aliphatic rings. The number of thioether (sulfide) groups is 1. The van der Waals surface area contributed by atoms with E-state index in [2.05, 4.69) is 16.9 Å². The maximum atomic E-state index is 5.95. The highest BCUT2D eigenvalue weighted by Gasteiger charge is 2.25. The Morgan fingerprint density at radius 1 is 1.56 bits per heavy atom. The zero-order chi connectivity index (χ0) is 11.5. The maximum Gasteiger partial charge on any atom is 0.133 e. The fraction of sp³-hybridized carbons (Fsp3) is 0.636. The summed E-state index contributed by atoms with van der Waals surface area (Å²) in [5, 5.41) is 1.97. The van der Waals surface area contributed by atoms with Gasteiger partial charge in [0.2, 0.25) is 0 Å². The molecule has 0 amide bonds. The molecule has 2 rings (SSSR count). The van der Waals surface area contributed by atoms with Crippen LogP contribution in [0.15, 0.2) is 11.1 Å². The third kappa shape index (κ3) is 2.87. The fourth-order valence-corrected chi connectivity index (χ4v) is 3.08. The number of hydrogen-bond donors (Lipinski definition) is 0. The number of ether oxygens (including phenoxy) is 1. The zero-order valence-corrected chi connectivity index (χ0v) is 11.0. The smallest absolute Gasteiger partial charge is 0.133 e. The Hall–Kier alpha value is -0.320. The topological polar surface area (TPSA) is 35.0 Å². The first-order valence-electron chi connectivity index (χ1n) is 5.50. The van der Waals surface area contributed by atoms with Crippen LogP contribution in [0.25, 0.3) is 0 Å². The lowest BCUT2D eigenvalue weighted by atomic mass is 10.3. The van der Waals surface area contributed by atoms with Gasteiger partial charge in [0.25, 0.3) is 0 Å². The summed E-state index contributed by atoms with van der Waals surface area (Å²) in [5.74, 6) is 0.807. The molecule has 1 aromatic heterocycles. The van der Waals surface area contributed by atoms with Crippen LogP contribution >= 0.6 is 23.4 Å². The minimum Gasteiger partial charge on any atom is -0.377 e. The van der Waals surface area contributed by atoms with Gasteiger partial charge in [0.15, 0.2) is 0 Å². The van der Waals surface area contributed by atoms with E-state index in [1.165, 1.54) is 0 Å². The van der Waals surface area contributed by atoms with E-state index in [0.717, 1.165) is 30.3 Å². The molecule has 2 atom stereocenters. The van der Waals surface area contributed by atoms with E-state index < -0.39 is 0 Å². The van der Waals surface area contributed by atoms with Crippen molar-refractivity contribution in [2.45, 2.75) is 43.1 Å². The molecule has 1 aromatic rings. The van der Waals surface area contributed by atoms with Crippen LogP contribution in [0.1, 0.15) is 26.1 Å². The summed E-state index contributed by atoms with van der Waals surface area (Å²) in [6.07, 6.45) is 2.18. The van der Waals surface area contributed by atoms with Crippen molar-refractivity contribution in [2.75, 3.05) is 6.61 Å². The number of nitrogens with zero attached hydrogens (tertiary/aromatic N) is 2. The Bertz CT molecular complexity index is 375. The molecule has 0 aromatic carbocycles. The maximum absolute atomic E-state index is 5.95. The molecule has 1 aliphatic heterocycles. The van der Waals surface area contributed by atoms with Crippen molar-refractivity contribution in [3.8, 4) is 0 Å². The Labute approximate surface area is 105 Å². The van der Waals surface area contributed by atoms with Crippen LogP contribution in [0.5, 0.6) is 0 Å². The van der Waals surface area contributed by atoms with E-state index in [0.29, 0.717) is 16.5 Å². The molecule has 3 nitrogen and oxygen atoms in total. The number of aryl methyl sites for hydroxylation is 1. The predicted octanol–water partition coefficient (Wildman–Crippen LogP) is 2.96. The largest absolute Gasteiger partial charge is 0.377 e. The van der Waals surface area contributed by atoms with Crippen LogP contribution in [0.2, 0.25) is 5.15 Å². The molecule has 16 heavy (non-hydrogen) atoms. The summed E-state index contributed by atoms with van der Waals surface area (Å²) in [5.41, 5.74) is 0. The third-order valence-corrected chi connectivity index (χ3v) is 4.18. The number of aromatic nitrogens is 2. The van der Waals surface area contributed by atoms with Gasteiger partial charge in [-0.1, -0.05) is 18.5 Å². The van der Waals surface area contributed by atoms with Gasteiger partial charge in [-0.15, -0.1) is 11.8 Å². The van der Waals surface area contributed by atoms with Gasteiger partial charge < -0.3 is 4.74 Å². The summed E-state index contributed by atoms with van der Waals surface area (Å²) < 4.78 is 5.53. The quantitative estimate of drug-likeness (QED) is 0.781. The van der Waals surface area contributed by atoms with Crippen molar-refractivity contribution in [3.05, 3.63) is 17.0 Å². The molecule has 1 saturated heterocycles.